The number of aromatic nitrogens is 3. The molecule has 0 atom stereocenters. The summed E-state index contributed by atoms with van der Waals surface area (Å²) < 4.78 is 1.56. The Morgan fingerprint density at radius 3 is 2.89 bits per heavy atom. The quantitative estimate of drug-likeness (QED) is 0.616. The van der Waals surface area contributed by atoms with Crippen LogP contribution < -0.4 is 0 Å². The van der Waals surface area contributed by atoms with Crippen molar-refractivity contribution in [3.8, 4) is 11.9 Å². The van der Waals surface area contributed by atoms with Crippen LogP contribution >= 0.6 is 0 Å². The average molecular weight is 257 g/mol. The van der Waals surface area contributed by atoms with E-state index in [0.29, 0.717) is 12.2 Å². The van der Waals surface area contributed by atoms with Gasteiger partial charge in [-0.2, -0.15) is 5.26 Å². The molecule has 2 aromatic rings. The lowest BCUT2D eigenvalue weighted by Crippen LogP contribution is -2.07. The first-order valence-corrected chi connectivity index (χ1v) is 5.75. The van der Waals surface area contributed by atoms with E-state index in [1.807, 2.05) is 13.0 Å². The van der Waals surface area contributed by atoms with Gasteiger partial charge < -0.3 is 0 Å². The van der Waals surface area contributed by atoms with Crippen LogP contribution in [0.4, 0.5) is 5.69 Å². The molecule has 7 heteroatoms. The maximum absolute atomic E-state index is 11.1. The first kappa shape index (κ1) is 12.7. The van der Waals surface area contributed by atoms with Crippen LogP contribution in [0.25, 0.3) is 5.82 Å². The Bertz CT molecular complexity index is 656. The van der Waals surface area contributed by atoms with Gasteiger partial charge in [-0.25, -0.2) is 9.97 Å². The fraction of sp³-hybridized carbons (Fsp3) is 0.250. The molecule has 0 saturated carbocycles. The van der Waals surface area contributed by atoms with E-state index in [1.165, 1.54) is 12.3 Å². The number of hydrogen-bond donors (Lipinski definition) is 0. The molecule has 0 saturated heterocycles. The maximum atomic E-state index is 11.1. The van der Waals surface area contributed by atoms with Crippen LogP contribution in [0.15, 0.2) is 24.7 Å². The lowest BCUT2D eigenvalue weighted by atomic mass is 10.2. The Morgan fingerprint density at radius 1 is 1.47 bits per heavy atom. The summed E-state index contributed by atoms with van der Waals surface area (Å²) >= 11 is 0. The number of nitro groups is 1. The van der Waals surface area contributed by atoms with Gasteiger partial charge in [0.25, 0.3) is 0 Å². The fourth-order valence-electron chi connectivity index (χ4n) is 1.83. The molecule has 0 radical (unpaired) electrons. The molecule has 0 N–H and O–H groups in total. The van der Waals surface area contributed by atoms with E-state index in [-0.39, 0.29) is 17.1 Å². The van der Waals surface area contributed by atoms with Gasteiger partial charge in [0.2, 0.25) is 5.82 Å². The fourth-order valence-corrected chi connectivity index (χ4v) is 1.83. The zero-order valence-corrected chi connectivity index (χ0v) is 10.3. The minimum Gasteiger partial charge on any atom is -0.282 e. The van der Waals surface area contributed by atoms with E-state index in [4.69, 9.17) is 5.26 Å². The zero-order chi connectivity index (χ0) is 13.8. The molecule has 0 aromatic carbocycles. The lowest BCUT2D eigenvalue weighted by molar-refractivity contribution is -0.385. The van der Waals surface area contributed by atoms with E-state index in [9.17, 15) is 10.1 Å². The normalized spacial score (nSPS) is 10.1. The van der Waals surface area contributed by atoms with E-state index < -0.39 is 4.92 Å². The van der Waals surface area contributed by atoms with Gasteiger partial charge in [-0.3, -0.25) is 14.7 Å². The third-order valence-corrected chi connectivity index (χ3v) is 2.63. The van der Waals surface area contributed by atoms with Gasteiger partial charge in [0.05, 0.1) is 4.92 Å². The summed E-state index contributed by atoms with van der Waals surface area (Å²) in [5.41, 5.74) is -0.300. The summed E-state index contributed by atoms with van der Waals surface area (Å²) in [7, 11) is 0. The number of hydrogen-bond acceptors (Lipinski definition) is 5. The second-order valence-electron chi connectivity index (χ2n) is 3.86. The van der Waals surface area contributed by atoms with Crippen LogP contribution in [-0.2, 0) is 6.42 Å². The monoisotopic (exact) mass is 257 g/mol. The molecule has 0 aliphatic heterocycles. The Kier molecular flexibility index (Phi) is 3.52. The van der Waals surface area contributed by atoms with Crippen molar-refractivity contribution in [2.75, 3.05) is 0 Å². The zero-order valence-electron chi connectivity index (χ0n) is 10.3. The molecular formula is C12H11N5O2. The highest BCUT2D eigenvalue weighted by molar-refractivity contribution is 5.58. The number of imidazole rings is 1. The first-order chi connectivity index (χ1) is 9.19. The van der Waals surface area contributed by atoms with E-state index in [2.05, 4.69) is 9.97 Å². The van der Waals surface area contributed by atoms with Crippen LogP contribution in [0.2, 0.25) is 0 Å². The molecule has 0 aliphatic rings. The Balaban J connectivity index is 2.65. The average Bonchev–Trinajstić information content (AvgIpc) is 2.86. The summed E-state index contributed by atoms with van der Waals surface area (Å²) in [4.78, 5) is 18.7. The third-order valence-electron chi connectivity index (χ3n) is 2.63. The number of nitriles is 1. The highest BCUT2D eigenvalue weighted by atomic mass is 16.6. The van der Waals surface area contributed by atoms with Gasteiger partial charge in [0.1, 0.15) is 17.5 Å². The molecule has 19 heavy (non-hydrogen) atoms. The van der Waals surface area contributed by atoms with Crippen molar-refractivity contribution in [3.63, 3.8) is 0 Å². The van der Waals surface area contributed by atoms with E-state index >= 15 is 0 Å². The second kappa shape index (κ2) is 5.27. The molecule has 7 nitrogen and oxygen atoms in total. The molecule has 0 fully saturated rings. The number of aryl methyl sites for hydroxylation is 1. The van der Waals surface area contributed by atoms with Crippen molar-refractivity contribution in [2.45, 2.75) is 19.8 Å². The molecule has 2 aromatic heterocycles. The van der Waals surface area contributed by atoms with Gasteiger partial charge in [0, 0.05) is 25.0 Å². The van der Waals surface area contributed by atoms with Gasteiger partial charge in [-0.15, -0.1) is 0 Å². The Labute approximate surface area is 109 Å². The molecular weight excluding hydrogens is 246 g/mol. The van der Waals surface area contributed by atoms with Gasteiger partial charge in [-0.1, -0.05) is 6.92 Å². The van der Waals surface area contributed by atoms with Gasteiger partial charge in [-0.05, 0) is 12.5 Å². The van der Waals surface area contributed by atoms with Gasteiger partial charge in [0.15, 0.2) is 0 Å². The minimum absolute atomic E-state index is 0.00820. The maximum Gasteiger partial charge on any atom is 0.329 e. The van der Waals surface area contributed by atoms with Crippen molar-refractivity contribution < 1.29 is 4.92 Å². The minimum atomic E-state index is -0.587. The highest BCUT2D eigenvalue weighted by Crippen LogP contribution is 2.25. The molecule has 96 valence electrons. The van der Waals surface area contributed by atoms with E-state index in [0.717, 1.165) is 6.42 Å². The molecule has 2 rings (SSSR count). The molecule has 0 spiro atoms. The SMILES string of the molecule is CCCc1nccn1-c1nccc(C#N)c1[N+](=O)[O-]. The van der Waals surface area contributed by atoms with Crippen LogP contribution in [0.3, 0.4) is 0 Å². The van der Waals surface area contributed by atoms with Crippen molar-refractivity contribution in [1.29, 1.82) is 5.26 Å². The standard InChI is InChI=1S/C12H11N5O2/c1-2-3-10-14-6-7-16(10)12-11(17(18)19)9(8-13)4-5-15-12/h4-7H,2-3H2,1H3. The predicted octanol–water partition coefficient (Wildman–Crippen LogP) is 2.00. The number of nitrogens with zero attached hydrogens (tertiary/aromatic N) is 5. The van der Waals surface area contributed by atoms with Crippen LogP contribution in [0.5, 0.6) is 0 Å². The lowest BCUT2D eigenvalue weighted by Gasteiger charge is -2.07. The first-order valence-electron chi connectivity index (χ1n) is 5.75. The molecule has 0 amide bonds. The smallest absolute Gasteiger partial charge is 0.282 e. The molecule has 0 aliphatic carbocycles. The Morgan fingerprint density at radius 2 is 2.26 bits per heavy atom. The van der Waals surface area contributed by atoms with Crippen molar-refractivity contribution in [3.05, 3.63) is 46.2 Å². The highest BCUT2D eigenvalue weighted by Gasteiger charge is 2.23. The van der Waals surface area contributed by atoms with E-state index in [1.54, 1.807) is 17.0 Å². The third kappa shape index (κ3) is 2.28. The van der Waals surface area contributed by atoms with Crippen molar-refractivity contribution >= 4 is 5.69 Å². The topological polar surface area (TPSA) is 97.6 Å². The summed E-state index contributed by atoms with van der Waals surface area (Å²) in [5.74, 6) is 0.818. The van der Waals surface area contributed by atoms with Crippen molar-refractivity contribution in [1.82, 2.24) is 14.5 Å². The summed E-state index contributed by atoms with van der Waals surface area (Å²) in [6.07, 6.45) is 6.11. The Hall–Kier alpha value is -2.75. The number of pyridine rings is 1. The largest absolute Gasteiger partial charge is 0.329 e. The summed E-state index contributed by atoms with van der Waals surface area (Å²) in [6.45, 7) is 1.99. The molecule has 0 bridgehead atoms. The molecule has 0 unspecified atom stereocenters. The van der Waals surface area contributed by atoms with Gasteiger partial charge >= 0.3 is 5.69 Å². The van der Waals surface area contributed by atoms with Crippen LogP contribution in [0.1, 0.15) is 24.7 Å². The van der Waals surface area contributed by atoms with Crippen LogP contribution in [-0.4, -0.2) is 19.5 Å². The number of rotatable bonds is 4. The summed E-state index contributed by atoms with van der Waals surface area (Å²) in [5, 5.41) is 20.1. The van der Waals surface area contributed by atoms with Crippen molar-refractivity contribution in [2.24, 2.45) is 0 Å². The second-order valence-corrected chi connectivity index (χ2v) is 3.86. The predicted molar refractivity (Wildman–Crippen MR) is 66.7 cm³/mol. The summed E-state index contributed by atoms with van der Waals surface area (Å²) in [6, 6.07) is 3.15. The van der Waals surface area contributed by atoms with Crippen LogP contribution in [0, 0.1) is 21.4 Å². The molecule has 2 heterocycles.